The molecule has 7 heteroatoms. The van der Waals surface area contributed by atoms with Crippen molar-refractivity contribution in [1.82, 2.24) is 14.7 Å². The van der Waals surface area contributed by atoms with Crippen LogP contribution in [0.5, 0.6) is 0 Å². The van der Waals surface area contributed by atoms with Gasteiger partial charge in [0.1, 0.15) is 6.04 Å². The summed E-state index contributed by atoms with van der Waals surface area (Å²) < 4.78 is 1.52. The second kappa shape index (κ2) is 4.17. The van der Waals surface area contributed by atoms with Gasteiger partial charge in [-0.25, -0.2) is 4.79 Å². The van der Waals surface area contributed by atoms with Crippen LogP contribution in [0, 0.1) is 0 Å². The number of aromatic nitrogens is 2. The van der Waals surface area contributed by atoms with Crippen LogP contribution < -0.4 is 0 Å². The predicted octanol–water partition coefficient (Wildman–Crippen LogP) is 0.0198. The van der Waals surface area contributed by atoms with E-state index in [-0.39, 0.29) is 5.91 Å². The van der Waals surface area contributed by atoms with Gasteiger partial charge in [0.2, 0.25) is 0 Å². The summed E-state index contributed by atoms with van der Waals surface area (Å²) in [6.45, 7) is 0. The maximum Gasteiger partial charge on any atom is 0.327 e. The summed E-state index contributed by atoms with van der Waals surface area (Å²) in [4.78, 5) is 24.3. The summed E-state index contributed by atoms with van der Waals surface area (Å²) in [6.07, 6.45) is 3.04. The average Bonchev–Trinajstić information content (AvgIpc) is 2.84. The zero-order valence-corrected chi connectivity index (χ0v) is 9.48. The molecule has 16 heavy (non-hydrogen) atoms. The van der Waals surface area contributed by atoms with E-state index in [1.165, 1.54) is 27.5 Å². The van der Waals surface area contributed by atoms with Crippen LogP contribution >= 0.6 is 11.8 Å². The fraction of sp³-hybridized carbons (Fsp3) is 0.444. The summed E-state index contributed by atoms with van der Waals surface area (Å²) in [5.41, 5.74) is 0.427. The van der Waals surface area contributed by atoms with Crippen LogP contribution in [0.25, 0.3) is 0 Å². The number of thioether (sulfide) groups is 1. The number of nitrogens with zero attached hydrogens (tertiary/aromatic N) is 3. The number of aryl methyl sites for hydroxylation is 1. The molecule has 1 N–H and O–H groups in total. The third kappa shape index (κ3) is 1.90. The van der Waals surface area contributed by atoms with Crippen molar-refractivity contribution >= 4 is 23.6 Å². The number of hydrogen-bond donors (Lipinski definition) is 1. The second-order valence-electron chi connectivity index (χ2n) is 3.53. The van der Waals surface area contributed by atoms with Gasteiger partial charge in [0.25, 0.3) is 5.91 Å². The van der Waals surface area contributed by atoms with Crippen molar-refractivity contribution in [3.63, 3.8) is 0 Å². The third-order valence-corrected chi connectivity index (χ3v) is 3.39. The monoisotopic (exact) mass is 241 g/mol. The van der Waals surface area contributed by atoms with Gasteiger partial charge in [-0.15, -0.1) is 11.8 Å². The van der Waals surface area contributed by atoms with Gasteiger partial charge in [-0.2, -0.15) is 5.10 Å². The van der Waals surface area contributed by atoms with Crippen LogP contribution in [-0.2, 0) is 11.8 Å². The summed E-state index contributed by atoms with van der Waals surface area (Å²) in [5.74, 6) is -0.362. The first-order chi connectivity index (χ1) is 7.59. The molecule has 1 aliphatic rings. The first-order valence-corrected chi connectivity index (χ1v) is 5.85. The molecule has 6 nitrogen and oxygen atoms in total. The Kier molecular flexibility index (Phi) is 2.86. The average molecular weight is 241 g/mol. The maximum absolute atomic E-state index is 12.0. The van der Waals surface area contributed by atoms with Gasteiger partial charge in [-0.1, -0.05) is 0 Å². The van der Waals surface area contributed by atoms with E-state index in [1.807, 2.05) is 0 Å². The lowest BCUT2D eigenvalue weighted by Crippen LogP contribution is -2.41. The molecule has 0 radical (unpaired) electrons. The minimum atomic E-state index is -0.956. The topological polar surface area (TPSA) is 75.4 Å². The minimum absolute atomic E-state index is 0.273. The van der Waals surface area contributed by atoms with Crippen molar-refractivity contribution in [1.29, 1.82) is 0 Å². The second-order valence-corrected chi connectivity index (χ2v) is 4.53. The van der Waals surface area contributed by atoms with Crippen molar-refractivity contribution in [2.45, 2.75) is 6.04 Å². The summed E-state index contributed by atoms with van der Waals surface area (Å²) >= 11 is 1.45. The Bertz CT molecular complexity index is 431. The van der Waals surface area contributed by atoms with Gasteiger partial charge in [0.15, 0.2) is 0 Å². The Morgan fingerprint density at radius 1 is 1.62 bits per heavy atom. The molecule has 0 aromatic carbocycles. The predicted molar refractivity (Wildman–Crippen MR) is 58.1 cm³/mol. The quantitative estimate of drug-likeness (QED) is 0.790. The molecule has 0 bridgehead atoms. The lowest BCUT2D eigenvalue weighted by molar-refractivity contribution is -0.140. The highest BCUT2D eigenvalue weighted by atomic mass is 32.2. The van der Waals surface area contributed by atoms with Gasteiger partial charge < -0.3 is 10.0 Å². The molecule has 86 valence electrons. The Balaban J connectivity index is 2.18. The van der Waals surface area contributed by atoms with Crippen molar-refractivity contribution in [2.24, 2.45) is 7.05 Å². The molecule has 0 saturated carbocycles. The molecule has 0 spiro atoms. The smallest absolute Gasteiger partial charge is 0.327 e. The highest BCUT2D eigenvalue weighted by molar-refractivity contribution is 7.99. The Morgan fingerprint density at radius 3 is 2.94 bits per heavy atom. The van der Waals surface area contributed by atoms with E-state index < -0.39 is 12.0 Å². The number of carbonyl (C=O) groups is 2. The van der Waals surface area contributed by atoms with E-state index in [9.17, 15) is 9.59 Å². The van der Waals surface area contributed by atoms with Crippen LogP contribution in [0.3, 0.4) is 0 Å². The zero-order chi connectivity index (χ0) is 11.7. The molecule has 1 aliphatic heterocycles. The molecule has 1 saturated heterocycles. The summed E-state index contributed by atoms with van der Waals surface area (Å²) in [6, 6.07) is -0.724. The molecule has 2 rings (SSSR count). The summed E-state index contributed by atoms with van der Waals surface area (Å²) in [5, 5.41) is 12.9. The Morgan fingerprint density at radius 2 is 2.38 bits per heavy atom. The highest BCUT2D eigenvalue weighted by Gasteiger charge is 2.35. The Hall–Kier alpha value is -1.50. The zero-order valence-electron chi connectivity index (χ0n) is 8.66. The number of carboxylic acid groups (broad SMARTS) is 1. The van der Waals surface area contributed by atoms with Gasteiger partial charge in [-0.3, -0.25) is 9.48 Å². The molecule has 1 unspecified atom stereocenters. The van der Waals surface area contributed by atoms with Crippen LogP contribution in [0.1, 0.15) is 10.4 Å². The molecule has 1 aromatic rings. The first-order valence-electron chi connectivity index (χ1n) is 4.70. The maximum atomic E-state index is 12.0. The van der Waals surface area contributed by atoms with Crippen molar-refractivity contribution in [3.8, 4) is 0 Å². The van der Waals surface area contributed by atoms with E-state index in [1.54, 1.807) is 13.2 Å². The lowest BCUT2D eigenvalue weighted by atomic mass is 10.2. The van der Waals surface area contributed by atoms with Gasteiger partial charge >= 0.3 is 5.97 Å². The molecule has 1 atom stereocenters. The van der Waals surface area contributed by atoms with E-state index in [4.69, 9.17) is 5.11 Å². The fourth-order valence-corrected chi connectivity index (χ4v) is 2.69. The molecule has 1 amide bonds. The fourth-order valence-electron chi connectivity index (χ4n) is 1.54. The minimum Gasteiger partial charge on any atom is -0.480 e. The number of rotatable bonds is 2. The van der Waals surface area contributed by atoms with Crippen LogP contribution in [0.4, 0.5) is 0 Å². The molecular weight excluding hydrogens is 230 g/mol. The summed E-state index contributed by atoms with van der Waals surface area (Å²) in [7, 11) is 1.71. The SMILES string of the molecule is Cn1cc(C(=O)N2CSCC2C(=O)O)cn1. The molecule has 1 aromatic heterocycles. The number of hydrogen-bond acceptors (Lipinski definition) is 4. The number of carbonyl (C=O) groups excluding carboxylic acids is 1. The molecule has 2 heterocycles. The van der Waals surface area contributed by atoms with Crippen molar-refractivity contribution in [2.75, 3.05) is 11.6 Å². The molecular formula is C9H11N3O3S. The van der Waals surface area contributed by atoms with E-state index in [2.05, 4.69) is 5.10 Å². The normalized spacial score (nSPS) is 20.1. The van der Waals surface area contributed by atoms with Gasteiger partial charge in [0.05, 0.1) is 17.6 Å². The van der Waals surface area contributed by atoms with Crippen LogP contribution in [0.2, 0.25) is 0 Å². The van der Waals surface area contributed by atoms with Crippen LogP contribution in [-0.4, -0.2) is 49.3 Å². The van der Waals surface area contributed by atoms with E-state index in [0.29, 0.717) is 17.2 Å². The molecule has 1 fully saturated rings. The highest BCUT2D eigenvalue weighted by Crippen LogP contribution is 2.23. The lowest BCUT2D eigenvalue weighted by Gasteiger charge is -2.19. The Labute approximate surface area is 96.2 Å². The molecule has 0 aliphatic carbocycles. The van der Waals surface area contributed by atoms with Crippen molar-refractivity contribution < 1.29 is 14.7 Å². The van der Waals surface area contributed by atoms with Gasteiger partial charge in [-0.05, 0) is 0 Å². The van der Waals surface area contributed by atoms with E-state index >= 15 is 0 Å². The van der Waals surface area contributed by atoms with Crippen molar-refractivity contribution in [3.05, 3.63) is 18.0 Å². The number of aliphatic carboxylic acids is 1. The van der Waals surface area contributed by atoms with Crippen LogP contribution in [0.15, 0.2) is 12.4 Å². The largest absolute Gasteiger partial charge is 0.480 e. The standard InChI is InChI=1S/C9H11N3O3S/c1-11-3-6(2-10-11)8(13)12-5-16-4-7(12)9(14)15/h2-3,7H,4-5H2,1H3,(H,14,15). The van der Waals surface area contributed by atoms with Gasteiger partial charge in [0, 0.05) is 19.0 Å². The first kappa shape index (κ1) is 11.0. The van der Waals surface area contributed by atoms with E-state index in [0.717, 1.165) is 0 Å². The third-order valence-electron chi connectivity index (χ3n) is 2.38. The number of amides is 1. The number of carboxylic acids is 1.